The van der Waals surface area contributed by atoms with Crippen LogP contribution in [0.25, 0.3) is 0 Å². The number of nitrogens with zero attached hydrogens (tertiary/aromatic N) is 2. The highest BCUT2D eigenvalue weighted by atomic mass is 35.5. The van der Waals surface area contributed by atoms with Crippen LogP contribution in [0.15, 0.2) is 42.5 Å². The summed E-state index contributed by atoms with van der Waals surface area (Å²) >= 11 is 12.4. The van der Waals surface area contributed by atoms with Gasteiger partial charge in [0.1, 0.15) is 5.75 Å². The molecule has 33 heavy (non-hydrogen) atoms. The molecule has 174 valence electrons. The number of benzene rings is 2. The first-order chi connectivity index (χ1) is 16.0. The van der Waals surface area contributed by atoms with E-state index in [0.717, 1.165) is 43.8 Å². The SMILES string of the molecule is COc1ccc(CN2[C@H]3CC[C@@H]2[C@H](NC(=O)[C@H]2CN(c4cc(Cl)cc(Cl)c4)[C@H]4C[C@@H]24)C3)cc1. The summed E-state index contributed by atoms with van der Waals surface area (Å²) < 4.78 is 5.29. The number of rotatable bonds is 6. The Morgan fingerprint density at radius 1 is 1.06 bits per heavy atom. The molecule has 4 fully saturated rings. The fourth-order valence-corrected chi connectivity index (χ4v) is 7.00. The number of ether oxygens (including phenoxy) is 1. The molecule has 1 saturated carbocycles. The van der Waals surface area contributed by atoms with Crippen molar-refractivity contribution in [2.24, 2.45) is 11.8 Å². The molecule has 0 spiro atoms. The maximum absolute atomic E-state index is 13.3. The molecule has 0 unspecified atom stereocenters. The van der Waals surface area contributed by atoms with Crippen LogP contribution < -0.4 is 15.0 Å². The standard InChI is InChI=1S/C26H29Cl2N3O2/c1-33-20-5-2-15(3-6-20)13-30-18-4-7-24(30)23(11-18)29-26(32)22-14-31(25-12-21(22)25)19-9-16(27)8-17(28)10-19/h2-3,5-6,8-10,18,21-25H,4,7,11-14H2,1H3,(H,29,32)/t18-,21-,22-,23+,24+,25-/m0/s1. The monoisotopic (exact) mass is 485 g/mol. The van der Waals surface area contributed by atoms with Gasteiger partial charge < -0.3 is 15.0 Å². The molecule has 1 N–H and O–H groups in total. The Kier molecular flexibility index (Phi) is 5.47. The van der Waals surface area contributed by atoms with Crippen LogP contribution in [0.4, 0.5) is 5.69 Å². The smallest absolute Gasteiger partial charge is 0.225 e. The summed E-state index contributed by atoms with van der Waals surface area (Å²) in [4.78, 5) is 18.3. The molecule has 1 amide bonds. The number of methoxy groups -OCH3 is 1. The summed E-state index contributed by atoms with van der Waals surface area (Å²) in [5, 5.41) is 4.74. The quantitative estimate of drug-likeness (QED) is 0.641. The fraction of sp³-hybridized carbons (Fsp3) is 0.500. The van der Waals surface area contributed by atoms with E-state index in [2.05, 4.69) is 27.2 Å². The average Bonchev–Trinajstić information content (AvgIpc) is 3.20. The number of nitrogens with one attached hydrogen (secondary N) is 1. The number of hydrogen-bond acceptors (Lipinski definition) is 4. The molecule has 6 rings (SSSR count). The first kappa shape index (κ1) is 21.6. The number of piperidine rings is 1. The highest BCUT2D eigenvalue weighted by molar-refractivity contribution is 6.35. The van der Waals surface area contributed by atoms with Gasteiger partial charge in [-0.25, -0.2) is 0 Å². The molecule has 3 aliphatic heterocycles. The van der Waals surface area contributed by atoms with Gasteiger partial charge in [-0.05, 0) is 67.5 Å². The third kappa shape index (κ3) is 3.98. The van der Waals surface area contributed by atoms with Gasteiger partial charge in [0.25, 0.3) is 0 Å². The number of carbonyl (C=O) groups excluding carboxylic acids is 1. The minimum Gasteiger partial charge on any atom is -0.497 e. The van der Waals surface area contributed by atoms with Crippen molar-refractivity contribution in [1.29, 1.82) is 0 Å². The van der Waals surface area contributed by atoms with Crippen LogP contribution in [0, 0.1) is 11.8 Å². The molecule has 3 heterocycles. The van der Waals surface area contributed by atoms with Crippen LogP contribution in [0.2, 0.25) is 10.0 Å². The van der Waals surface area contributed by atoms with Crippen LogP contribution in [-0.2, 0) is 11.3 Å². The van der Waals surface area contributed by atoms with E-state index in [1.54, 1.807) is 13.2 Å². The van der Waals surface area contributed by atoms with Crippen LogP contribution >= 0.6 is 23.2 Å². The van der Waals surface area contributed by atoms with Gasteiger partial charge >= 0.3 is 0 Å². The molecule has 0 aromatic heterocycles. The highest BCUT2D eigenvalue weighted by Gasteiger charge is 2.56. The van der Waals surface area contributed by atoms with Crippen molar-refractivity contribution in [3.8, 4) is 5.75 Å². The Morgan fingerprint density at radius 3 is 2.55 bits per heavy atom. The zero-order chi connectivity index (χ0) is 22.7. The van der Waals surface area contributed by atoms with Gasteiger partial charge in [0.05, 0.1) is 13.0 Å². The number of carbonyl (C=O) groups is 1. The van der Waals surface area contributed by atoms with E-state index in [0.29, 0.717) is 34.1 Å². The van der Waals surface area contributed by atoms with E-state index >= 15 is 0 Å². The summed E-state index contributed by atoms with van der Waals surface area (Å²) in [6.07, 6.45) is 4.52. The minimum atomic E-state index is 0.0434. The second kappa shape index (κ2) is 8.37. The van der Waals surface area contributed by atoms with Crippen LogP contribution in [0.5, 0.6) is 5.75 Å². The third-order valence-corrected chi connectivity index (χ3v) is 8.60. The van der Waals surface area contributed by atoms with Crippen molar-refractivity contribution < 1.29 is 9.53 Å². The molecule has 1 aliphatic carbocycles. The van der Waals surface area contributed by atoms with Gasteiger partial charge in [-0.3, -0.25) is 9.69 Å². The number of fused-ring (bicyclic) bond motifs is 3. The van der Waals surface area contributed by atoms with Crippen molar-refractivity contribution >= 4 is 34.8 Å². The summed E-state index contributed by atoms with van der Waals surface area (Å²) in [5.74, 6) is 1.59. The van der Waals surface area contributed by atoms with Gasteiger partial charge in [-0.2, -0.15) is 0 Å². The molecule has 2 bridgehead atoms. The predicted octanol–water partition coefficient (Wildman–Crippen LogP) is 4.75. The van der Waals surface area contributed by atoms with Crippen LogP contribution in [0.3, 0.4) is 0 Å². The second-order valence-electron chi connectivity index (χ2n) is 10.0. The van der Waals surface area contributed by atoms with Crippen molar-refractivity contribution in [1.82, 2.24) is 10.2 Å². The van der Waals surface area contributed by atoms with E-state index < -0.39 is 0 Å². The van der Waals surface area contributed by atoms with Crippen molar-refractivity contribution in [2.45, 2.75) is 56.4 Å². The number of hydrogen-bond donors (Lipinski definition) is 1. The van der Waals surface area contributed by atoms with Gasteiger partial charge in [0.2, 0.25) is 5.91 Å². The minimum absolute atomic E-state index is 0.0434. The van der Waals surface area contributed by atoms with Crippen molar-refractivity contribution in [3.63, 3.8) is 0 Å². The molecule has 6 atom stereocenters. The largest absolute Gasteiger partial charge is 0.497 e. The van der Waals surface area contributed by atoms with Crippen LogP contribution in [0.1, 0.15) is 31.2 Å². The summed E-state index contributed by atoms with van der Waals surface area (Å²) in [5.41, 5.74) is 2.33. The predicted molar refractivity (Wildman–Crippen MR) is 131 cm³/mol. The first-order valence-electron chi connectivity index (χ1n) is 11.9. The molecule has 5 nitrogen and oxygen atoms in total. The van der Waals surface area contributed by atoms with E-state index in [-0.39, 0.29) is 17.9 Å². The molecular formula is C26H29Cl2N3O2. The lowest BCUT2D eigenvalue weighted by molar-refractivity contribution is -0.125. The summed E-state index contributed by atoms with van der Waals surface area (Å²) in [6, 6.07) is 15.7. The number of halogens is 2. The van der Waals surface area contributed by atoms with Crippen molar-refractivity contribution in [2.75, 3.05) is 18.6 Å². The zero-order valence-corrected chi connectivity index (χ0v) is 20.2. The maximum Gasteiger partial charge on any atom is 0.225 e. The lowest BCUT2D eigenvalue weighted by Crippen LogP contribution is -2.47. The molecule has 4 aliphatic rings. The van der Waals surface area contributed by atoms with E-state index in [4.69, 9.17) is 27.9 Å². The Morgan fingerprint density at radius 2 is 1.82 bits per heavy atom. The van der Waals surface area contributed by atoms with Crippen molar-refractivity contribution in [3.05, 3.63) is 58.1 Å². The molecular weight excluding hydrogens is 457 g/mol. The Labute approximate surface area is 205 Å². The van der Waals surface area contributed by atoms with Gasteiger partial charge in [-0.15, -0.1) is 0 Å². The Bertz CT molecular complexity index is 1040. The molecule has 3 saturated heterocycles. The lowest BCUT2D eigenvalue weighted by atomic mass is 9.94. The summed E-state index contributed by atoms with van der Waals surface area (Å²) in [7, 11) is 1.69. The molecule has 7 heteroatoms. The molecule has 2 aromatic carbocycles. The second-order valence-corrected chi connectivity index (χ2v) is 10.9. The maximum atomic E-state index is 13.3. The Balaban J connectivity index is 1.10. The van der Waals surface area contributed by atoms with Gasteiger partial charge in [0, 0.05) is 53.0 Å². The Hall–Kier alpha value is -1.95. The molecule has 0 radical (unpaired) electrons. The van der Waals surface area contributed by atoms with E-state index in [9.17, 15) is 4.79 Å². The van der Waals surface area contributed by atoms with Gasteiger partial charge in [0.15, 0.2) is 0 Å². The molecule has 2 aromatic rings. The topological polar surface area (TPSA) is 44.8 Å². The summed E-state index contributed by atoms with van der Waals surface area (Å²) in [6.45, 7) is 1.68. The van der Waals surface area contributed by atoms with E-state index in [1.807, 2.05) is 24.3 Å². The van der Waals surface area contributed by atoms with Gasteiger partial charge in [-0.1, -0.05) is 35.3 Å². The number of amides is 1. The third-order valence-electron chi connectivity index (χ3n) is 8.16. The van der Waals surface area contributed by atoms with Crippen LogP contribution in [-0.4, -0.2) is 48.6 Å². The highest BCUT2D eigenvalue weighted by Crippen LogP contribution is 2.51. The number of anilines is 1. The normalized spacial score (nSPS) is 32.2. The van der Waals surface area contributed by atoms with E-state index in [1.165, 1.54) is 12.0 Å². The lowest BCUT2D eigenvalue weighted by Gasteiger charge is -2.27. The average molecular weight is 486 g/mol. The zero-order valence-electron chi connectivity index (χ0n) is 18.7. The first-order valence-corrected chi connectivity index (χ1v) is 12.7. The fourth-order valence-electron chi connectivity index (χ4n) is 6.49.